The van der Waals surface area contributed by atoms with E-state index in [0.29, 0.717) is 3.57 Å². The van der Waals surface area contributed by atoms with Gasteiger partial charge in [0.25, 0.3) is 5.69 Å². The fraction of sp³-hybridized carbons (Fsp3) is 0.364. The molecule has 0 saturated heterocycles. The first-order chi connectivity index (χ1) is 8.14. The minimum absolute atomic E-state index is 0.0837. The summed E-state index contributed by atoms with van der Waals surface area (Å²) in [6.45, 7) is 5.05. The minimum atomic E-state index is -1.22. The van der Waals surface area contributed by atoms with E-state index in [9.17, 15) is 20.0 Å². The van der Waals surface area contributed by atoms with Crippen LogP contribution in [-0.2, 0) is 0 Å². The molecule has 0 radical (unpaired) electrons. The van der Waals surface area contributed by atoms with Crippen molar-refractivity contribution < 1.29 is 14.8 Å². The van der Waals surface area contributed by atoms with Crippen LogP contribution in [0.5, 0.6) is 0 Å². The van der Waals surface area contributed by atoms with Crippen molar-refractivity contribution in [3.63, 3.8) is 0 Å². The Hall–Kier alpha value is -1.38. The third-order valence-corrected chi connectivity index (χ3v) is 2.91. The molecule has 1 aromatic carbocycles. The van der Waals surface area contributed by atoms with Gasteiger partial charge in [0, 0.05) is 15.2 Å². The lowest BCUT2D eigenvalue weighted by Gasteiger charge is -2.32. The van der Waals surface area contributed by atoms with Gasteiger partial charge in [-0.05, 0) is 55.5 Å². The average Bonchev–Trinajstić information content (AvgIpc) is 2.17. The number of carboxylic acid groups (broad SMARTS) is 1. The molecule has 0 aliphatic heterocycles. The van der Waals surface area contributed by atoms with Gasteiger partial charge in [-0.25, -0.2) is 4.79 Å². The number of carbonyl (C=O) groups is 1. The first kappa shape index (κ1) is 14.7. The summed E-state index contributed by atoms with van der Waals surface area (Å²) >= 11 is 1.95. The van der Waals surface area contributed by atoms with Gasteiger partial charge >= 0.3 is 6.09 Å². The van der Waals surface area contributed by atoms with Crippen LogP contribution < -0.4 is 4.90 Å². The van der Waals surface area contributed by atoms with Crippen molar-refractivity contribution in [1.82, 2.24) is 0 Å². The van der Waals surface area contributed by atoms with Crippen LogP contribution in [0.1, 0.15) is 20.8 Å². The number of hydrogen-bond donors (Lipinski definition) is 1. The molecule has 1 N–H and O–H groups in total. The van der Waals surface area contributed by atoms with Gasteiger partial charge in [0.1, 0.15) is 5.69 Å². The number of nitrogens with zero attached hydrogens (tertiary/aromatic N) is 2. The molecule has 0 fully saturated rings. The molecule has 1 rings (SSSR count). The van der Waals surface area contributed by atoms with Gasteiger partial charge in [0.2, 0.25) is 0 Å². The van der Waals surface area contributed by atoms with Crippen LogP contribution in [-0.4, -0.2) is 21.7 Å². The van der Waals surface area contributed by atoms with Crippen molar-refractivity contribution >= 4 is 40.1 Å². The molecule has 0 saturated carbocycles. The molecule has 0 heterocycles. The third kappa shape index (κ3) is 3.09. The zero-order valence-corrected chi connectivity index (χ0v) is 12.3. The second kappa shape index (κ2) is 5.09. The fourth-order valence-corrected chi connectivity index (χ4v) is 2.06. The molecular formula is C11H13IN2O4. The highest BCUT2D eigenvalue weighted by Gasteiger charge is 2.33. The second-order valence-electron chi connectivity index (χ2n) is 4.68. The molecule has 1 amide bonds. The van der Waals surface area contributed by atoms with Gasteiger partial charge in [-0.2, -0.15) is 0 Å². The molecule has 0 aliphatic carbocycles. The van der Waals surface area contributed by atoms with E-state index in [2.05, 4.69) is 0 Å². The van der Waals surface area contributed by atoms with Gasteiger partial charge in [-0.1, -0.05) is 0 Å². The van der Waals surface area contributed by atoms with Crippen molar-refractivity contribution in [1.29, 1.82) is 0 Å². The Morgan fingerprint density at radius 3 is 2.39 bits per heavy atom. The van der Waals surface area contributed by atoms with Gasteiger partial charge < -0.3 is 5.11 Å². The SMILES string of the molecule is CC(C)(C)N(C(=O)O)c1ccc(I)cc1[N+](=O)[O-]. The topological polar surface area (TPSA) is 83.7 Å². The fourth-order valence-electron chi connectivity index (χ4n) is 1.58. The molecule has 6 nitrogen and oxygen atoms in total. The molecule has 0 spiro atoms. The van der Waals surface area contributed by atoms with E-state index < -0.39 is 16.6 Å². The monoisotopic (exact) mass is 364 g/mol. The van der Waals surface area contributed by atoms with Gasteiger partial charge in [-0.15, -0.1) is 0 Å². The molecule has 0 atom stereocenters. The highest BCUT2D eigenvalue weighted by molar-refractivity contribution is 14.1. The molecular weight excluding hydrogens is 351 g/mol. The Balaban J connectivity index is 3.47. The van der Waals surface area contributed by atoms with Gasteiger partial charge in [-0.3, -0.25) is 15.0 Å². The van der Waals surface area contributed by atoms with E-state index in [1.54, 1.807) is 26.8 Å². The van der Waals surface area contributed by atoms with E-state index in [0.717, 1.165) is 4.90 Å². The Morgan fingerprint density at radius 2 is 2.00 bits per heavy atom. The van der Waals surface area contributed by atoms with E-state index in [1.807, 2.05) is 22.6 Å². The first-order valence-electron chi connectivity index (χ1n) is 5.11. The molecule has 1 aromatic rings. The van der Waals surface area contributed by atoms with Gasteiger partial charge in [0.15, 0.2) is 0 Å². The summed E-state index contributed by atoms with van der Waals surface area (Å²) in [5, 5.41) is 20.2. The lowest BCUT2D eigenvalue weighted by atomic mass is 10.0. The molecule has 7 heteroatoms. The zero-order valence-electron chi connectivity index (χ0n) is 10.2. The van der Waals surface area contributed by atoms with Crippen LogP contribution in [0.3, 0.4) is 0 Å². The predicted octanol–water partition coefficient (Wildman–Crippen LogP) is 3.48. The Bertz CT molecular complexity index is 496. The van der Waals surface area contributed by atoms with Gasteiger partial charge in [0.05, 0.1) is 4.92 Å². The summed E-state index contributed by atoms with van der Waals surface area (Å²) in [6, 6.07) is 4.46. The van der Waals surface area contributed by atoms with Crippen LogP contribution in [0, 0.1) is 13.7 Å². The molecule has 0 aliphatic rings. The Kier molecular flexibility index (Phi) is 4.15. The highest BCUT2D eigenvalue weighted by Crippen LogP contribution is 2.34. The molecule has 18 heavy (non-hydrogen) atoms. The number of nitro benzene ring substituents is 1. The minimum Gasteiger partial charge on any atom is -0.465 e. The van der Waals surface area contributed by atoms with Crippen molar-refractivity contribution in [2.24, 2.45) is 0 Å². The largest absolute Gasteiger partial charge is 0.465 e. The number of anilines is 1. The molecule has 0 aromatic heterocycles. The maximum Gasteiger partial charge on any atom is 0.412 e. The standard InChI is InChI=1S/C11H13IN2O4/c1-11(2,3)13(10(15)16)8-5-4-7(12)6-9(8)14(17)18/h4-6H,1-3H3,(H,15,16). The zero-order chi connectivity index (χ0) is 14.1. The summed E-state index contributed by atoms with van der Waals surface area (Å²) in [7, 11) is 0. The number of amides is 1. The van der Waals surface area contributed by atoms with Crippen molar-refractivity contribution in [3.8, 4) is 0 Å². The van der Waals surface area contributed by atoms with E-state index >= 15 is 0 Å². The van der Waals surface area contributed by atoms with Crippen LogP contribution in [0.15, 0.2) is 18.2 Å². The quantitative estimate of drug-likeness (QED) is 0.495. The van der Waals surface area contributed by atoms with Crippen molar-refractivity contribution in [2.75, 3.05) is 4.90 Å². The van der Waals surface area contributed by atoms with Crippen LogP contribution in [0.25, 0.3) is 0 Å². The Morgan fingerprint density at radius 1 is 1.44 bits per heavy atom. The van der Waals surface area contributed by atoms with E-state index in [1.165, 1.54) is 12.1 Å². The lowest BCUT2D eigenvalue weighted by molar-refractivity contribution is -0.384. The normalized spacial score (nSPS) is 11.1. The number of rotatable bonds is 2. The number of benzene rings is 1. The maximum absolute atomic E-state index is 11.3. The number of halogens is 1. The summed E-state index contributed by atoms with van der Waals surface area (Å²) < 4.78 is 0.683. The van der Waals surface area contributed by atoms with E-state index in [4.69, 9.17) is 0 Å². The van der Waals surface area contributed by atoms with Crippen LogP contribution in [0.4, 0.5) is 16.2 Å². The lowest BCUT2D eigenvalue weighted by Crippen LogP contribution is -2.45. The molecule has 0 bridgehead atoms. The highest BCUT2D eigenvalue weighted by atomic mass is 127. The summed E-state index contributed by atoms with van der Waals surface area (Å²) in [5.41, 5.74) is -0.886. The number of nitro groups is 1. The van der Waals surface area contributed by atoms with Crippen molar-refractivity contribution in [2.45, 2.75) is 26.3 Å². The first-order valence-corrected chi connectivity index (χ1v) is 6.19. The maximum atomic E-state index is 11.3. The van der Waals surface area contributed by atoms with E-state index in [-0.39, 0.29) is 11.4 Å². The predicted molar refractivity (Wildman–Crippen MR) is 76.1 cm³/mol. The second-order valence-corrected chi connectivity index (χ2v) is 5.92. The van der Waals surface area contributed by atoms with Crippen LogP contribution in [0.2, 0.25) is 0 Å². The summed E-state index contributed by atoms with van der Waals surface area (Å²) in [4.78, 5) is 22.7. The van der Waals surface area contributed by atoms with Crippen molar-refractivity contribution in [3.05, 3.63) is 31.9 Å². The van der Waals surface area contributed by atoms with Crippen LogP contribution >= 0.6 is 22.6 Å². The molecule has 0 unspecified atom stereocenters. The summed E-state index contributed by atoms with van der Waals surface area (Å²) in [5.74, 6) is 0. The average molecular weight is 364 g/mol. The molecule has 98 valence electrons. The Labute approximate surface area is 118 Å². The smallest absolute Gasteiger partial charge is 0.412 e. The summed E-state index contributed by atoms with van der Waals surface area (Å²) in [6.07, 6.45) is -1.22. The number of hydrogen-bond acceptors (Lipinski definition) is 3. The third-order valence-electron chi connectivity index (χ3n) is 2.24.